The van der Waals surface area contributed by atoms with E-state index in [0.717, 1.165) is 37.8 Å². The Morgan fingerprint density at radius 3 is 2.59 bits per heavy atom. The van der Waals surface area contributed by atoms with Gasteiger partial charge in [0.1, 0.15) is 26.4 Å². The van der Waals surface area contributed by atoms with Crippen molar-refractivity contribution >= 4 is 38.5 Å². The zero-order valence-electron chi connectivity index (χ0n) is 12.6. The first-order valence-electron chi connectivity index (χ1n) is 7.03. The molecule has 3 aromatic heterocycles. The molecule has 6 heteroatoms. The van der Waals surface area contributed by atoms with E-state index in [1.54, 1.807) is 17.7 Å². The van der Waals surface area contributed by atoms with Crippen LogP contribution in [0.15, 0.2) is 30.6 Å². The van der Waals surface area contributed by atoms with Crippen LogP contribution in [0, 0.1) is 6.92 Å². The summed E-state index contributed by atoms with van der Waals surface area (Å²) >= 11 is 1.61. The number of hydrogen-bond acceptors (Lipinski definition) is 5. The highest BCUT2D eigenvalue weighted by molar-refractivity contribution is 7.21. The monoisotopic (exact) mass is 309 g/mol. The lowest BCUT2D eigenvalue weighted by molar-refractivity contribution is 0.949. The number of rotatable bonds is 2. The van der Waals surface area contributed by atoms with Crippen molar-refractivity contribution in [1.82, 2.24) is 19.5 Å². The summed E-state index contributed by atoms with van der Waals surface area (Å²) in [6, 6.07) is 8.42. The lowest BCUT2D eigenvalue weighted by Crippen LogP contribution is -1.95. The van der Waals surface area contributed by atoms with Crippen molar-refractivity contribution in [3.8, 4) is 10.6 Å². The van der Waals surface area contributed by atoms with Gasteiger partial charge in [-0.3, -0.25) is 0 Å². The highest BCUT2D eigenvalue weighted by Crippen LogP contribution is 2.34. The van der Waals surface area contributed by atoms with Crippen LogP contribution in [-0.4, -0.2) is 26.6 Å². The molecule has 0 atom stereocenters. The molecule has 0 bridgehead atoms. The summed E-state index contributed by atoms with van der Waals surface area (Å²) in [6.45, 7) is 2.09. The third-order valence-corrected chi connectivity index (χ3v) is 4.74. The van der Waals surface area contributed by atoms with Crippen molar-refractivity contribution in [2.45, 2.75) is 6.92 Å². The molecule has 0 aliphatic carbocycles. The van der Waals surface area contributed by atoms with Crippen LogP contribution in [0.3, 0.4) is 0 Å². The van der Waals surface area contributed by atoms with E-state index in [0.29, 0.717) is 0 Å². The number of pyridine rings is 1. The van der Waals surface area contributed by atoms with Crippen molar-refractivity contribution in [1.29, 1.82) is 0 Å². The van der Waals surface area contributed by atoms with Gasteiger partial charge in [-0.05, 0) is 6.92 Å². The number of hydrogen-bond donors (Lipinski definition) is 1. The molecule has 0 aliphatic heterocycles. The second-order valence-electron chi connectivity index (χ2n) is 5.30. The minimum Gasteiger partial charge on any atom is -0.371 e. The molecule has 4 rings (SSSR count). The Hall–Kier alpha value is -2.47. The molecule has 0 saturated carbocycles. The topological polar surface area (TPSA) is 55.6 Å². The summed E-state index contributed by atoms with van der Waals surface area (Å²) in [5.74, 6) is 0.794. The van der Waals surface area contributed by atoms with Gasteiger partial charge >= 0.3 is 0 Å². The van der Waals surface area contributed by atoms with Gasteiger partial charge in [0.15, 0.2) is 5.82 Å². The molecular formula is C16H15N5S. The van der Waals surface area contributed by atoms with Crippen molar-refractivity contribution in [2.24, 2.45) is 7.05 Å². The fourth-order valence-electron chi connectivity index (χ4n) is 2.57. The second kappa shape index (κ2) is 4.78. The first-order valence-corrected chi connectivity index (χ1v) is 7.85. The maximum Gasteiger partial charge on any atom is 0.155 e. The van der Waals surface area contributed by atoms with E-state index < -0.39 is 0 Å². The standard InChI is InChI=1S/C16H15N5S/c1-9-4-6-10(7-5-9)15-19-12-13-11(18-8-21(13)3)14(17-2)20-16(12)22-15/h4-8H,1-3H3,(H,17,20). The van der Waals surface area contributed by atoms with Gasteiger partial charge in [-0.1, -0.05) is 41.2 Å². The smallest absolute Gasteiger partial charge is 0.155 e. The van der Waals surface area contributed by atoms with Crippen LogP contribution in [-0.2, 0) is 7.05 Å². The zero-order valence-corrected chi connectivity index (χ0v) is 13.4. The first-order chi connectivity index (χ1) is 10.7. The van der Waals surface area contributed by atoms with Crippen molar-refractivity contribution in [3.63, 3.8) is 0 Å². The number of thiazole rings is 1. The van der Waals surface area contributed by atoms with Crippen LogP contribution in [0.4, 0.5) is 5.82 Å². The van der Waals surface area contributed by atoms with Gasteiger partial charge in [0.2, 0.25) is 0 Å². The normalized spacial score (nSPS) is 11.4. The van der Waals surface area contributed by atoms with Gasteiger partial charge in [-0.2, -0.15) is 0 Å². The van der Waals surface area contributed by atoms with E-state index in [4.69, 9.17) is 4.98 Å². The molecule has 110 valence electrons. The Balaban J connectivity index is 2.02. The van der Waals surface area contributed by atoms with E-state index in [-0.39, 0.29) is 0 Å². The first kappa shape index (κ1) is 13.2. The lowest BCUT2D eigenvalue weighted by atomic mass is 10.2. The second-order valence-corrected chi connectivity index (χ2v) is 6.28. The summed E-state index contributed by atoms with van der Waals surface area (Å²) in [5.41, 5.74) is 5.15. The molecule has 1 aromatic carbocycles. The highest BCUT2D eigenvalue weighted by atomic mass is 32.1. The Kier molecular flexibility index (Phi) is 2.87. The van der Waals surface area contributed by atoms with Gasteiger partial charge in [-0.15, -0.1) is 0 Å². The van der Waals surface area contributed by atoms with Crippen LogP contribution in [0.1, 0.15) is 5.56 Å². The Morgan fingerprint density at radius 1 is 1.09 bits per heavy atom. The van der Waals surface area contributed by atoms with E-state index in [2.05, 4.69) is 46.5 Å². The van der Waals surface area contributed by atoms with E-state index in [1.807, 2.05) is 18.7 Å². The zero-order chi connectivity index (χ0) is 15.3. The maximum atomic E-state index is 4.82. The summed E-state index contributed by atoms with van der Waals surface area (Å²) in [4.78, 5) is 14.8. The Morgan fingerprint density at radius 2 is 1.86 bits per heavy atom. The summed E-state index contributed by atoms with van der Waals surface area (Å²) in [7, 11) is 3.85. The SMILES string of the molecule is CNc1nc2sc(-c3ccc(C)cc3)nc2c2c1ncn2C. The van der Waals surface area contributed by atoms with Gasteiger partial charge < -0.3 is 9.88 Å². The molecule has 0 unspecified atom stereocenters. The lowest BCUT2D eigenvalue weighted by Gasteiger charge is -2.01. The quantitative estimate of drug-likeness (QED) is 0.615. The van der Waals surface area contributed by atoms with Gasteiger partial charge in [-0.25, -0.2) is 15.0 Å². The van der Waals surface area contributed by atoms with Gasteiger partial charge in [0.05, 0.1) is 6.33 Å². The molecule has 5 nitrogen and oxygen atoms in total. The van der Waals surface area contributed by atoms with E-state index in [1.165, 1.54) is 5.56 Å². The predicted octanol–water partition coefficient (Wildman–Crippen LogP) is 3.60. The molecule has 0 amide bonds. The van der Waals surface area contributed by atoms with Crippen molar-refractivity contribution in [3.05, 3.63) is 36.2 Å². The number of anilines is 1. The van der Waals surface area contributed by atoms with Gasteiger partial charge in [0.25, 0.3) is 0 Å². The third-order valence-electron chi connectivity index (χ3n) is 3.74. The number of fused-ring (bicyclic) bond motifs is 3. The largest absolute Gasteiger partial charge is 0.371 e. The van der Waals surface area contributed by atoms with Crippen LogP contribution >= 0.6 is 11.3 Å². The molecule has 0 aliphatic rings. The number of aromatic nitrogens is 4. The molecule has 1 N–H and O–H groups in total. The molecule has 0 spiro atoms. The molecule has 22 heavy (non-hydrogen) atoms. The van der Waals surface area contributed by atoms with Crippen molar-refractivity contribution in [2.75, 3.05) is 12.4 Å². The molecule has 0 radical (unpaired) electrons. The molecule has 0 saturated heterocycles. The Labute approximate surface area is 131 Å². The Bertz CT molecular complexity index is 981. The van der Waals surface area contributed by atoms with Crippen LogP contribution < -0.4 is 5.32 Å². The van der Waals surface area contributed by atoms with E-state index in [9.17, 15) is 0 Å². The predicted molar refractivity (Wildman–Crippen MR) is 91.4 cm³/mol. The van der Waals surface area contributed by atoms with Gasteiger partial charge in [0, 0.05) is 19.7 Å². The number of nitrogens with one attached hydrogen (secondary N) is 1. The van der Waals surface area contributed by atoms with Crippen LogP contribution in [0.2, 0.25) is 0 Å². The summed E-state index contributed by atoms with van der Waals surface area (Å²) in [6.07, 6.45) is 1.80. The molecular weight excluding hydrogens is 294 g/mol. The van der Waals surface area contributed by atoms with E-state index >= 15 is 0 Å². The number of benzene rings is 1. The molecule has 4 aromatic rings. The average molecular weight is 309 g/mol. The number of aryl methyl sites for hydroxylation is 2. The van der Waals surface area contributed by atoms with Crippen LogP contribution in [0.5, 0.6) is 0 Å². The highest BCUT2D eigenvalue weighted by Gasteiger charge is 2.16. The molecule has 0 fully saturated rings. The fraction of sp³-hybridized carbons (Fsp3) is 0.188. The van der Waals surface area contributed by atoms with Crippen LogP contribution in [0.25, 0.3) is 32.0 Å². The molecule has 3 heterocycles. The third kappa shape index (κ3) is 1.88. The average Bonchev–Trinajstić information content (AvgIpc) is 3.10. The summed E-state index contributed by atoms with van der Waals surface area (Å²) in [5, 5.41) is 4.11. The summed E-state index contributed by atoms with van der Waals surface area (Å²) < 4.78 is 2.00. The fourth-order valence-corrected chi connectivity index (χ4v) is 3.52. The number of nitrogens with zero attached hydrogens (tertiary/aromatic N) is 4. The van der Waals surface area contributed by atoms with Crippen molar-refractivity contribution < 1.29 is 0 Å². The maximum absolute atomic E-state index is 4.82. The minimum atomic E-state index is 0.794. The minimum absolute atomic E-state index is 0.794. The number of imidazole rings is 1.